The van der Waals surface area contributed by atoms with Crippen LogP contribution in [0.1, 0.15) is 64.2 Å². The van der Waals surface area contributed by atoms with Gasteiger partial charge in [0.15, 0.2) is 54.1 Å². The number of nitrogens with one attached hydrogen (secondary N) is 4. The van der Waals surface area contributed by atoms with Crippen LogP contribution in [0.25, 0.3) is 0 Å². The molecule has 26 nitrogen and oxygen atoms in total. The number of carbonyl (C=O) groups is 4. The van der Waals surface area contributed by atoms with Crippen LogP contribution in [0.5, 0.6) is 11.5 Å². The van der Waals surface area contributed by atoms with Crippen LogP contribution < -0.4 is 30.9 Å². The van der Waals surface area contributed by atoms with Gasteiger partial charge < -0.3 is 92.6 Å². The molecule has 0 radical (unpaired) electrons. The smallest absolute Gasteiger partial charge is 0.411 e. The van der Waals surface area contributed by atoms with Gasteiger partial charge in [-0.1, -0.05) is 71.8 Å². The van der Waals surface area contributed by atoms with E-state index in [0.717, 1.165) is 7.11 Å². The Hall–Kier alpha value is -4.62. The van der Waals surface area contributed by atoms with Crippen molar-refractivity contribution in [1.82, 2.24) is 16.1 Å². The lowest BCUT2D eigenvalue weighted by Gasteiger charge is -2.47. The molecule has 30 heteroatoms. The molecule has 0 aromatic heterocycles. The summed E-state index contributed by atoms with van der Waals surface area (Å²) >= 11 is 4.45. The Morgan fingerprint density at radius 1 is 0.875 bits per heavy atom. The second kappa shape index (κ2) is 32.6. The number of hydrogen-bond donors (Lipinski definition) is 9. The third-order valence-corrected chi connectivity index (χ3v) is 19.5. The zero-order chi connectivity index (χ0) is 64.1. The zero-order valence-corrected chi connectivity index (χ0v) is 53.8. The molecule has 0 saturated carbocycles. The molecule has 4 fully saturated rings. The molecule has 4 saturated heterocycles. The van der Waals surface area contributed by atoms with E-state index in [0.29, 0.717) is 0 Å². The Labute approximate surface area is 528 Å². The molecule has 7 rings (SSSR count). The second-order valence-electron chi connectivity index (χ2n) is 21.2. The summed E-state index contributed by atoms with van der Waals surface area (Å²) in [6.45, 7) is 12.5. The highest BCUT2D eigenvalue weighted by Gasteiger charge is 2.57. The van der Waals surface area contributed by atoms with Crippen molar-refractivity contribution in [2.45, 2.75) is 175 Å². The number of anilines is 1. The predicted octanol–water partition coefficient (Wildman–Crippen LogP) is 2.98. The Morgan fingerprint density at radius 3 is 2.25 bits per heavy atom. The van der Waals surface area contributed by atoms with Crippen LogP contribution in [0.4, 0.5) is 10.5 Å². The van der Waals surface area contributed by atoms with Crippen molar-refractivity contribution in [2.75, 3.05) is 59.5 Å². The number of allylic oxidation sites excluding steroid dienone is 2. The van der Waals surface area contributed by atoms with Crippen molar-refractivity contribution >= 4 is 73.5 Å². The summed E-state index contributed by atoms with van der Waals surface area (Å²) in [4.78, 5) is 62.3. The second-order valence-corrected chi connectivity index (χ2v) is 26.2. The van der Waals surface area contributed by atoms with Crippen LogP contribution in [0.15, 0.2) is 59.5 Å². The predicted molar refractivity (Wildman–Crippen MR) is 325 cm³/mol. The molecule has 6 aliphatic rings. The van der Waals surface area contributed by atoms with E-state index in [4.69, 9.17) is 66.4 Å². The first-order chi connectivity index (χ1) is 42.0. The number of amides is 2. The number of hydrogen-bond acceptors (Lipinski definition) is 28. The minimum absolute atomic E-state index is 0.0532. The molecule has 0 spiro atoms. The van der Waals surface area contributed by atoms with Gasteiger partial charge in [-0.3, -0.25) is 19.7 Å². The van der Waals surface area contributed by atoms with Crippen LogP contribution in [0, 0.1) is 23.7 Å². The van der Waals surface area contributed by atoms with Gasteiger partial charge >= 0.3 is 12.1 Å². The molecular formula is C58H78N4O22S4. The van der Waals surface area contributed by atoms with Gasteiger partial charge in [-0.05, 0) is 49.0 Å². The number of fused-ring (bicyclic) bond motifs is 2. The summed E-state index contributed by atoms with van der Waals surface area (Å²) in [5.74, 6) is 8.56. The number of ether oxygens (including phenoxy) is 13. The van der Waals surface area contributed by atoms with E-state index in [2.05, 4.69) is 64.3 Å². The van der Waals surface area contributed by atoms with Crippen LogP contribution >= 0.6 is 44.0 Å². The number of thiol groups is 1. The number of ketones is 1. The third-order valence-electron chi connectivity index (χ3n) is 15.0. The van der Waals surface area contributed by atoms with Crippen molar-refractivity contribution in [3.8, 4) is 35.2 Å². The Kier molecular flexibility index (Phi) is 26.2. The first kappa shape index (κ1) is 70.8. The molecule has 4 aliphatic heterocycles. The summed E-state index contributed by atoms with van der Waals surface area (Å²) in [6.07, 6.45) is -14.0. The van der Waals surface area contributed by atoms with Gasteiger partial charge in [0.1, 0.15) is 30.5 Å². The van der Waals surface area contributed by atoms with Crippen molar-refractivity contribution in [3.63, 3.8) is 0 Å². The van der Waals surface area contributed by atoms with E-state index in [-0.39, 0.29) is 76.9 Å². The number of esters is 1. The average molecular weight is 1310 g/mol. The molecule has 16 unspecified atom stereocenters. The number of aliphatic hydroxyl groups excluding tert-OH is 3. The van der Waals surface area contributed by atoms with E-state index in [1.54, 1.807) is 27.0 Å². The fraction of sp³-hybridized carbons (Fsp3) is 0.621. The molecule has 1 aromatic carbocycles. The number of methoxy groups -OCH3 is 5. The van der Waals surface area contributed by atoms with Crippen molar-refractivity contribution < 1.29 is 106 Å². The monoisotopic (exact) mass is 1310 g/mol. The Balaban J connectivity index is 1.27. The number of aliphatic hydroxyl groups is 4. The van der Waals surface area contributed by atoms with Gasteiger partial charge in [0.05, 0.1) is 99.8 Å². The average Bonchev–Trinajstić information content (AvgIpc) is 0.783. The van der Waals surface area contributed by atoms with Crippen LogP contribution in [0.3, 0.4) is 0 Å². The van der Waals surface area contributed by atoms with Gasteiger partial charge in [0, 0.05) is 61.4 Å². The van der Waals surface area contributed by atoms with Crippen molar-refractivity contribution in [1.29, 1.82) is 0 Å². The van der Waals surface area contributed by atoms with E-state index >= 15 is 4.79 Å². The summed E-state index contributed by atoms with van der Waals surface area (Å²) < 4.78 is 77.6. The molecule has 19 atom stereocenters. The molecule has 88 heavy (non-hydrogen) atoms. The zero-order valence-electron chi connectivity index (χ0n) is 50.4. The summed E-state index contributed by atoms with van der Waals surface area (Å²) in [7, 11) is 10.7. The van der Waals surface area contributed by atoms with Gasteiger partial charge in [-0.25, -0.2) is 9.59 Å². The standard InChI is InChI=1S/C58H78N4O22S4/c1-27(2)59-35-26-76-42(24-38(35)72-8)82-51-49(65)46(62-84-44-23-36(63)52(85)30(5)78-44)28(3)79-56(51)81-37-17-15-13-14-16-19-58(70)33(18-20-87-88-86-12)45(37)47(61-57(69)75-11)50(66)53(58)83-43-25-41(48(64)29(4)77-43)80-55(68)32-21-39(73-9)40(74-10)22-34(32)60-54(67)31(6)71-7/h13-14,18,21-22,27-30,35-38,41-44,46,48-49,51-53,56,59,62-65,70,85H,6,20,23-26H2,1-5,7-12H3,(H,60,67)(H,61,69)/b14-13-,33-18+/t28?,29?,30?,35?,36?,37-,38?,41?,42?,43?,44?,46?,48?,49?,51?,52?,53+,56?,58+/m0/s1. The van der Waals surface area contributed by atoms with E-state index in [1.807, 2.05) is 20.1 Å². The first-order valence-electron chi connectivity index (χ1n) is 28.1. The van der Waals surface area contributed by atoms with Crippen molar-refractivity contribution in [2.24, 2.45) is 0 Å². The van der Waals surface area contributed by atoms with E-state index in [9.17, 15) is 34.8 Å². The maximum Gasteiger partial charge on any atom is 0.411 e. The van der Waals surface area contributed by atoms with Crippen LogP contribution in [0.2, 0.25) is 0 Å². The fourth-order valence-corrected chi connectivity index (χ4v) is 13.1. The van der Waals surface area contributed by atoms with Gasteiger partial charge in [-0.15, -0.1) is 0 Å². The number of rotatable bonds is 24. The number of Topliss-reactive ketones (excluding diaryl/α,β-unsaturated/α-hetero) is 1. The number of carbonyl (C=O) groups excluding carboxylic acids is 4. The lowest BCUT2D eigenvalue weighted by molar-refractivity contribution is -0.336. The summed E-state index contributed by atoms with van der Waals surface area (Å²) in [6, 6.07) is 1.37. The third kappa shape index (κ3) is 17.1. The Morgan fingerprint density at radius 2 is 1.58 bits per heavy atom. The molecule has 2 amide bonds. The highest BCUT2D eigenvalue weighted by atomic mass is 33.5. The maximum absolute atomic E-state index is 15.6. The van der Waals surface area contributed by atoms with Crippen LogP contribution in [-0.4, -0.2) is 220 Å². The van der Waals surface area contributed by atoms with E-state index in [1.165, 1.54) is 84.0 Å². The molecule has 4 heterocycles. The summed E-state index contributed by atoms with van der Waals surface area (Å²) in [5.41, 5.74) is -1.01. The molecule has 2 aliphatic carbocycles. The Bertz CT molecular complexity index is 2870. The van der Waals surface area contributed by atoms with Crippen LogP contribution in [-0.2, 0) is 66.5 Å². The maximum atomic E-state index is 15.6. The highest BCUT2D eigenvalue weighted by molar-refractivity contribution is 9.09. The lowest BCUT2D eigenvalue weighted by Crippen LogP contribution is -2.65. The molecule has 1 aromatic rings. The molecule has 8 N–H and O–H groups in total. The first-order valence-corrected chi connectivity index (χ1v) is 32.6. The summed E-state index contributed by atoms with van der Waals surface area (Å²) in [5, 5.41) is 56.2. The molecule has 486 valence electrons. The SMILES string of the molecule is C=C(OC)C(=O)Nc1cc(OC)c(OC)cc1C(=O)OC1CC(O[C@@H]2C(=O)C(NC(=O)OC)=C3/C(=C\CSSSC)[C@]2(O)C#C/C=C\C#C[C@@H]3OC2OC(C)C(NOC3CC(O)C(S)C(C)O3)C(O)C2OC2CC(OC)C(NC(C)C)CO2)OC(C)C1O. The number of alkyl carbamates (subject to hydrolysis) is 1. The number of hydroxylamine groups is 1. The topological polar surface area (TPSA) is 327 Å². The minimum atomic E-state index is -2.66. The highest BCUT2D eigenvalue weighted by Crippen LogP contribution is 2.44. The quantitative estimate of drug-likeness (QED) is 0.0105. The van der Waals surface area contributed by atoms with E-state index < -0.39 is 145 Å². The number of benzene rings is 1. The van der Waals surface area contributed by atoms with Gasteiger partial charge in [0.2, 0.25) is 5.78 Å². The fourth-order valence-electron chi connectivity index (χ4n) is 10.5. The molecular weight excluding hydrogens is 1230 g/mol. The largest absolute Gasteiger partial charge is 0.493 e. The van der Waals surface area contributed by atoms with Crippen molar-refractivity contribution in [3.05, 3.63) is 65.1 Å². The minimum Gasteiger partial charge on any atom is -0.493 e. The normalized spacial score (nSPS) is 34.7. The van der Waals surface area contributed by atoms with Gasteiger partial charge in [-0.2, -0.15) is 18.1 Å². The van der Waals surface area contributed by atoms with Gasteiger partial charge in [0.25, 0.3) is 5.91 Å². The lowest BCUT2D eigenvalue weighted by atomic mass is 9.73. The molecule has 2 bridgehead atoms.